The van der Waals surface area contributed by atoms with E-state index in [2.05, 4.69) is 4.98 Å². The normalized spacial score (nSPS) is 15.0. The lowest BCUT2D eigenvalue weighted by Gasteiger charge is -2.30. The quantitative estimate of drug-likeness (QED) is 0.738. The number of aliphatic hydroxyl groups is 1. The number of pyridine rings is 1. The smallest absolute Gasteiger partial charge is 0.433 e. The molecule has 1 aliphatic heterocycles. The van der Waals surface area contributed by atoms with Crippen LogP contribution < -0.4 is 4.90 Å². The van der Waals surface area contributed by atoms with Crippen molar-refractivity contribution < 1.29 is 22.7 Å². The van der Waals surface area contributed by atoms with Crippen molar-refractivity contribution in [2.75, 3.05) is 11.4 Å². The molecule has 3 rings (SSSR count). The fourth-order valence-electron chi connectivity index (χ4n) is 2.50. The lowest BCUT2D eigenvalue weighted by Crippen LogP contribution is -2.25. The Hall–Kier alpha value is -2.54. The molecule has 2 heterocycles. The first-order valence-electron chi connectivity index (χ1n) is 7.13. The van der Waals surface area contributed by atoms with Crippen molar-refractivity contribution in [2.45, 2.75) is 6.18 Å². The molecule has 130 valence electrons. The molecule has 1 aromatic heterocycles. The van der Waals surface area contributed by atoms with Gasteiger partial charge in [-0.05, 0) is 36.4 Å². The number of halogens is 5. The number of benzene rings is 1. The summed E-state index contributed by atoms with van der Waals surface area (Å²) in [5.74, 6) is -0.831. The number of hydrogen-bond donors (Lipinski definition) is 1. The van der Waals surface area contributed by atoms with Crippen molar-refractivity contribution >= 4 is 23.0 Å². The van der Waals surface area contributed by atoms with Crippen molar-refractivity contribution in [1.29, 1.82) is 0 Å². The molecular formula is C17H11ClF4N2O. The number of anilines is 1. The second-order valence-electron chi connectivity index (χ2n) is 5.27. The van der Waals surface area contributed by atoms with E-state index in [1.807, 2.05) is 0 Å². The highest BCUT2D eigenvalue weighted by Crippen LogP contribution is 2.35. The highest BCUT2D eigenvalue weighted by Gasteiger charge is 2.33. The van der Waals surface area contributed by atoms with Crippen molar-refractivity contribution in [3.8, 4) is 0 Å². The Labute approximate surface area is 145 Å². The summed E-state index contributed by atoms with van der Waals surface area (Å²) in [4.78, 5) is 4.86. The highest BCUT2D eigenvalue weighted by molar-refractivity contribution is 6.31. The van der Waals surface area contributed by atoms with Gasteiger partial charge in [0.2, 0.25) is 0 Å². The fourth-order valence-corrected chi connectivity index (χ4v) is 2.68. The largest absolute Gasteiger partial charge is 0.506 e. The molecule has 0 fully saturated rings. The summed E-state index contributed by atoms with van der Waals surface area (Å²) >= 11 is 5.79. The van der Waals surface area contributed by atoms with Crippen LogP contribution in [0.25, 0.3) is 5.70 Å². The van der Waals surface area contributed by atoms with E-state index in [1.54, 1.807) is 6.08 Å². The van der Waals surface area contributed by atoms with Crippen molar-refractivity contribution in [3.05, 3.63) is 76.5 Å². The predicted molar refractivity (Wildman–Crippen MR) is 86.7 cm³/mol. The van der Waals surface area contributed by atoms with Crippen LogP contribution in [0.4, 0.5) is 23.2 Å². The Balaban J connectivity index is 2.10. The summed E-state index contributed by atoms with van der Waals surface area (Å²) in [6.45, 7) is 0.269. The molecule has 0 spiro atoms. The second-order valence-corrected chi connectivity index (χ2v) is 5.68. The van der Waals surface area contributed by atoms with Crippen LogP contribution in [0, 0.1) is 5.82 Å². The van der Waals surface area contributed by atoms with Gasteiger partial charge in [-0.25, -0.2) is 4.39 Å². The highest BCUT2D eigenvalue weighted by atomic mass is 35.5. The Morgan fingerprint density at radius 1 is 1.16 bits per heavy atom. The topological polar surface area (TPSA) is 36.4 Å². The maximum Gasteiger partial charge on any atom is 0.433 e. The minimum Gasteiger partial charge on any atom is -0.506 e. The average molecular weight is 371 g/mol. The third-order valence-corrected chi connectivity index (χ3v) is 3.90. The second kappa shape index (κ2) is 6.40. The Morgan fingerprint density at radius 2 is 1.92 bits per heavy atom. The van der Waals surface area contributed by atoms with E-state index in [0.29, 0.717) is 5.69 Å². The molecule has 0 amide bonds. The van der Waals surface area contributed by atoms with Gasteiger partial charge in [0, 0.05) is 24.0 Å². The maximum absolute atomic E-state index is 13.4. The molecule has 25 heavy (non-hydrogen) atoms. The van der Waals surface area contributed by atoms with E-state index >= 15 is 0 Å². The van der Waals surface area contributed by atoms with E-state index < -0.39 is 17.7 Å². The van der Waals surface area contributed by atoms with Gasteiger partial charge in [0.1, 0.15) is 17.3 Å². The molecule has 0 saturated carbocycles. The van der Waals surface area contributed by atoms with Gasteiger partial charge in [0.25, 0.3) is 0 Å². The molecule has 0 unspecified atom stereocenters. The molecular weight excluding hydrogens is 360 g/mol. The lowest BCUT2D eigenvalue weighted by molar-refractivity contribution is -0.141. The number of aliphatic hydroxyl groups excluding tert-OH is 1. The molecule has 0 bridgehead atoms. The third-order valence-electron chi connectivity index (χ3n) is 3.61. The zero-order valence-electron chi connectivity index (χ0n) is 12.6. The maximum atomic E-state index is 13.4. The van der Waals surface area contributed by atoms with Crippen LogP contribution in [0.1, 0.15) is 11.3 Å². The minimum atomic E-state index is -4.61. The van der Waals surface area contributed by atoms with Crippen LogP contribution >= 0.6 is 11.6 Å². The first-order chi connectivity index (χ1) is 11.8. The molecule has 1 aliphatic rings. The summed E-state index contributed by atoms with van der Waals surface area (Å²) in [7, 11) is 0. The van der Waals surface area contributed by atoms with Gasteiger partial charge in [0.15, 0.2) is 0 Å². The molecule has 1 N–H and O–H groups in total. The minimum absolute atomic E-state index is 0.128. The van der Waals surface area contributed by atoms with Crippen LogP contribution in [0.5, 0.6) is 0 Å². The predicted octanol–water partition coefficient (Wildman–Crippen LogP) is 5.20. The van der Waals surface area contributed by atoms with Gasteiger partial charge >= 0.3 is 6.18 Å². The van der Waals surface area contributed by atoms with Gasteiger partial charge in [-0.3, -0.25) is 4.98 Å². The SMILES string of the molecule is OC1=C(c2ccnc(C(F)(F)F)c2)N(c2ccc(F)c(Cl)c2)CC=C1. The van der Waals surface area contributed by atoms with Crippen LogP contribution in [0.3, 0.4) is 0 Å². The Morgan fingerprint density at radius 3 is 2.60 bits per heavy atom. The summed E-state index contributed by atoms with van der Waals surface area (Å²) in [5, 5.41) is 10.1. The number of alkyl halides is 3. The van der Waals surface area contributed by atoms with Gasteiger partial charge in [0.05, 0.1) is 10.7 Å². The number of nitrogens with zero attached hydrogens (tertiary/aromatic N) is 2. The van der Waals surface area contributed by atoms with Gasteiger partial charge < -0.3 is 10.0 Å². The number of hydrogen-bond acceptors (Lipinski definition) is 3. The summed E-state index contributed by atoms with van der Waals surface area (Å²) in [6.07, 6.45) is -0.570. The Kier molecular flexibility index (Phi) is 4.43. The number of aromatic nitrogens is 1. The van der Waals surface area contributed by atoms with E-state index in [-0.39, 0.29) is 28.6 Å². The third kappa shape index (κ3) is 3.46. The van der Waals surface area contributed by atoms with Crippen LogP contribution in [0.15, 0.2) is 54.4 Å². The standard InChI is InChI=1S/C17H11ClF4N2O/c18-12-9-11(3-4-13(12)19)24-7-1-2-14(25)16(24)10-5-6-23-15(8-10)17(20,21)22/h1-6,8-9,25H,7H2. The van der Waals surface area contributed by atoms with E-state index in [4.69, 9.17) is 11.6 Å². The molecule has 0 saturated heterocycles. The van der Waals surface area contributed by atoms with E-state index in [1.165, 1.54) is 29.2 Å². The average Bonchev–Trinajstić information content (AvgIpc) is 2.56. The number of allylic oxidation sites excluding steroid dienone is 1. The van der Waals surface area contributed by atoms with E-state index in [9.17, 15) is 22.7 Å². The first-order valence-corrected chi connectivity index (χ1v) is 7.51. The van der Waals surface area contributed by atoms with Crippen molar-refractivity contribution in [2.24, 2.45) is 0 Å². The zero-order chi connectivity index (χ0) is 18.2. The fraction of sp³-hybridized carbons (Fsp3) is 0.118. The molecule has 0 atom stereocenters. The van der Waals surface area contributed by atoms with E-state index in [0.717, 1.165) is 18.3 Å². The van der Waals surface area contributed by atoms with Gasteiger partial charge in [-0.1, -0.05) is 17.7 Å². The van der Waals surface area contributed by atoms with Crippen LogP contribution in [-0.2, 0) is 6.18 Å². The van der Waals surface area contributed by atoms with Gasteiger partial charge in [-0.2, -0.15) is 13.2 Å². The van der Waals surface area contributed by atoms with Crippen molar-refractivity contribution in [1.82, 2.24) is 4.98 Å². The van der Waals surface area contributed by atoms with Crippen LogP contribution in [0.2, 0.25) is 5.02 Å². The monoisotopic (exact) mass is 370 g/mol. The molecule has 3 nitrogen and oxygen atoms in total. The van der Waals surface area contributed by atoms with Crippen LogP contribution in [-0.4, -0.2) is 16.6 Å². The number of rotatable bonds is 2. The van der Waals surface area contributed by atoms with Crippen molar-refractivity contribution in [3.63, 3.8) is 0 Å². The summed E-state index contributed by atoms with van der Waals surface area (Å²) in [5.41, 5.74) is -0.359. The van der Waals surface area contributed by atoms with Gasteiger partial charge in [-0.15, -0.1) is 0 Å². The molecule has 1 aromatic carbocycles. The summed E-state index contributed by atoms with van der Waals surface area (Å²) < 4.78 is 52.2. The first kappa shape index (κ1) is 17.3. The molecule has 0 radical (unpaired) electrons. The lowest BCUT2D eigenvalue weighted by atomic mass is 10.1. The molecule has 2 aromatic rings. The molecule has 0 aliphatic carbocycles. The summed E-state index contributed by atoms with van der Waals surface area (Å²) in [6, 6.07) is 6.13. The molecule has 8 heteroatoms. The Bertz CT molecular complexity index is 877. The zero-order valence-corrected chi connectivity index (χ0v) is 13.3.